The predicted octanol–water partition coefficient (Wildman–Crippen LogP) is 1.06. The van der Waals surface area contributed by atoms with Crippen LogP contribution in [0.5, 0.6) is 0 Å². The molecule has 2 rings (SSSR count). The van der Waals surface area contributed by atoms with Crippen LogP contribution in [-0.4, -0.2) is 35.1 Å². The molecule has 1 fully saturated rings. The fourth-order valence-electron chi connectivity index (χ4n) is 1.67. The lowest BCUT2D eigenvalue weighted by molar-refractivity contribution is 0.0765. The number of aliphatic hydroxyl groups excluding tert-OH is 1. The Morgan fingerprint density at radius 2 is 2.07 bits per heavy atom. The van der Waals surface area contributed by atoms with Crippen molar-refractivity contribution in [2.75, 3.05) is 13.1 Å². The van der Waals surface area contributed by atoms with Gasteiger partial charge in [0.15, 0.2) is 0 Å². The Morgan fingerprint density at radius 1 is 1.40 bits per heavy atom. The standard InChI is InChI=1S/C12H13NO2/c1-9-7-13(8-11(9)14)12(15)10-5-3-2-4-6-10/h2-6,11,14H,1,7-8H2. The monoisotopic (exact) mass is 203 g/mol. The van der Waals surface area contributed by atoms with E-state index in [0.717, 1.165) is 0 Å². The van der Waals surface area contributed by atoms with Crippen molar-refractivity contribution in [3.63, 3.8) is 0 Å². The van der Waals surface area contributed by atoms with Gasteiger partial charge in [-0.2, -0.15) is 0 Å². The summed E-state index contributed by atoms with van der Waals surface area (Å²) in [6.45, 7) is 4.52. The van der Waals surface area contributed by atoms with Gasteiger partial charge < -0.3 is 10.0 Å². The molecular formula is C12H13NO2. The molecule has 1 aliphatic heterocycles. The number of hydrogen-bond donors (Lipinski definition) is 1. The van der Waals surface area contributed by atoms with Gasteiger partial charge in [-0.25, -0.2) is 0 Å². The fourth-order valence-corrected chi connectivity index (χ4v) is 1.67. The number of benzene rings is 1. The first-order valence-corrected chi connectivity index (χ1v) is 4.88. The summed E-state index contributed by atoms with van der Waals surface area (Å²) < 4.78 is 0. The Hall–Kier alpha value is -1.61. The Labute approximate surface area is 88.6 Å². The number of aliphatic hydroxyl groups is 1. The third-order valence-electron chi connectivity index (χ3n) is 2.57. The Kier molecular flexibility index (Phi) is 2.56. The molecule has 1 amide bonds. The summed E-state index contributed by atoms with van der Waals surface area (Å²) in [6, 6.07) is 9.07. The van der Waals surface area contributed by atoms with Crippen LogP contribution >= 0.6 is 0 Å². The first-order valence-electron chi connectivity index (χ1n) is 4.88. The molecule has 3 nitrogen and oxygen atoms in total. The van der Waals surface area contributed by atoms with E-state index in [1.165, 1.54) is 0 Å². The number of carbonyl (C=O) groups is 1. The molecule has 1 N–H and O–H groups in total. The van der Waals surface area contributed by atoms with Gasteiger partial charge in [0, 0.05) is 12.1 Å². The topological polar surface area (TPSA) is 40.5 Å². The number of β-amino-alcohol motifs (C(OH)–C–C–N with tert-alkyl or cyclic N) is 1. The van der Waals surface area contributed by atoms with Gasteiger partial charge in [0.2, 0.25) is 0 Å². The van der Waals surface area contributed by atoms with Crippen molar-refractivity contribution in [1.29, 1.82) is 0 Å². The second kappa shape index (κ2) is 3.87. The van der Waals surface area contributed by atoms with Crippen LogP contribution in [0.25, 0.3) is 0 Å². The zero-order valence-corrected chi connectivity index (χ0v) is 8.39. The predicted molar refractivity (Wildman–Crippen MR) is 57.5 cm³/mol. The van der Waals surface area contributed by atoms with E-state index in [9.17, 15) is 9.90 Å². The molecule has 0 spiro atoms. The molecule has 1 aliphatic rings. The number of rotatable bonds is 1. The normalized spacial score (nSPS) is 20.7. The van der Waals surface area contributed by atoms with Crippen molar-refractivity contribution < 1.29 is 9.90 Å². The van der Waals surface area contributed by atoms with Gasteiger partial charge in [0.25, 0.3) is 5.91 Å². The highest BCUT2D eigenvalue weighted by molar-refractivity contribution is 5.94. The van der Waals surface area contributed by atoms with Crippen molar-refractivity contribution in [3.8, 4) is 0 Å². The summed E-state index contributed by atoms with van der Waals surface area (Å²) in [7, 11) is 0. The number of hydrogen-bond acceptors (Lipinski definition) is 2. The van der Waals surface area contributed by atoms with Crippen LogP contribution < -0.4 is 0 Å². The molecule has 1 aromatic rings. The van der Waals surface area contributed by atoms with Gasteiger partial charge in [-0.15, -0.1) is 0 Å². The maximum Gasteiger partial charge on any atom is 0.254 e. The third-order valence-corrected chi connectivity index (χ3v) is 2.57. The molecule has 0 saturated carbocycles. The van der Waals surface area contributed by atoms with Gasteiger partial charge in [0.1, 0.15) is 0 Å². The molecule has 1 atom stereocenters. The van der Waals surface area contributed by atoms with Crippen molar-refractivity contribution in [3.05, 3.63) is 48.0 Å². The summed E-state index contributed by atoms with van der Waals surface area (Å²) in [5, 5.41) is 9.47. The molecule has 1 unspecified atom stereocenters. The minimum absolute atomic E-state index is 0.0479. The van der Waals surface area contributed by atoms with Gasteiger partial charge in [0.05, 0.1) is 12.6 Å². The summed E-state index contributed by atoms with van der Waals surface area (Å²) in [5.41, 5.74) is 1.36. The lowest BCUT2D eigenvalue weighted by Crippen LogP contribution is -2.29. The van der Waals surface area contributed by atoms with E-state index < -0.39 is 6.10 Å². The molecule has 1 heterocycles. The summed E-state index contributed by atoms with van der Waals surface area (Å²) in [6.07, 6.45) is -0.572. The minimum Gasteiger partial charge on any atom is -0.387 e. The summed E-state index contributed by atoms with van der Waals surface area (Å²) in [4.78, 5) is 13.5. The number of likely N-dealkylation sites (tertiary alicyclic amines) is 1. The first kappa shape index (κ1) is 9.93. The molecule has 0 radical (unpaired) electrons. The maximum absolute atomic E-state index is 11.9. The number of nitrogens with zero attached hydrogens (tertiary/aromatic N) is 1. The van der Waals surface area contributed by atoms with E-state index in [1.807, 2.05) is 18.2 Å². The van der Waals surface area contributed by atoms with Crippen LogP contribution in [0.15, 0.2) is 42.5 Å². The van der Waals surface area contributed by atoms with Gasteiger partial charge in [-0.05, 0) is 17.7 Å². The SMILES string of the molecule is C=C1CN(C(=O)c2ccccc2)CC1O. The highest BCUT2D eigenvalue weighted by Gasteiger charge is 2.27. The summed E-state index contributed by atoms with van der Waals surface area (Å²) in [5.74, 6) is -0.0479. The van der Waals surface area contributed by atoms with Crippen LogP contribution in [0.4, 0.5) is 0 Å². The second-order valence-electron chi connectivity index (χ2n) is 3.73. The Morgan fingerprint density at radius 3 is 2.60 bits per heavy atom. The maximum atomic E-state index is 11.9. The third kappa shape index (κ3) is 1.92. The average molecular weight is 203 g/mol. The van der Waals surface area contributed by atoms with Crippen LogP contribution in [0, 0.1) is 0 Å². The van der Waals surface area contributed by atoms with Crippen LogP contribution in [-0.2, 0) is 0 Å². The Balaban J connectivity index is 2.14. The zero-order chi connectivity index (χ0) is 10.8. The largest absolute Gasteiger partial charge is 0.387 e. The van der Waals surface area contributed by atoms with Gasteiger partial charge >= 0.3 is 0 Å². The van der Waals surface area contributed by atoms with Crippen molar-refractivity contribution >= 4 is 5.91 Å². The molecule has 0 bridgehead atoms. The zero-order valence-electron chi connectivity index (χ0n) is 8.39. The lowest BCUT2D eigenvalue weighted by atomic mass is 10.2. The molecule has 1 saturated heterocycles. The number of amides is 1. The Bertz CT molecular complexity index is 386. The van der Waals surface area contributed by atoms with E-state index in [2.05, 4.69) is 6.58 Å². The average Bonchev–Trinajstić information content (AvgIpc) is 2.59. The smallest absolute Gasteiger partial charge is 0.254 e. The molecule has 78 valence electrons. The van der Waals surface area contributed by atoms with Crippen LogP contribution in [0.2, 0.25) is 0 Å². The van der Waals surface area contributed by atoms with E-state index >= 15 is 0 Å². The molecule has 15 heavy (non-hydrogen) atoms. The molecule has 3 heteroatoms. The van der Waals surface area contributed by atoms with Gasteiger partial charge in [-0.3, -0.25) is 4.79 Å². The fraction of sp³-hybridized carbons (Fsp3) is 0.250. The minimum atomic E-state index is -0.572. The first-order chi connectivity index (χ1) is 7.18. The van der Waals surface area contributed by atoms with E-state index in [1.54, 1.807) is 17.0 Å². The second-order valence-corrected chi connectivity index (χ2v) is 3.73. The summed E-state index contributed by atoms with van der Waals surface area (Å²) >= 11 is 0. The quantitative estimate of drug-likeness (QED) is 0.693. The highest BCUT2D eigenvalue weighted by Crippen LogP contribution is 2.16. The van der Waals surface area contributed by atoms with E-state index in [4.69, 9.17) is 0 Å². The van der Waals surface area contributed by atoms with Crippen molar-refractivity contribution in [1.82, 2.24) is 4.90 Å². The van der Waals surface area contributed by atoms with Crippen LogP contribution in [0.3, 0.4) is 0 Å². The van der Waals surface area contributed by atoms with E-state index in [0.29, 0.717) is 24.2 Å². The highest BCUT2D eigenvalue weighted by atomic mass is 16.3. The molecule has 1 aromatic carbocycles. The van der Waals surface area contributed by atoms with Gasteiger partial charge in [-0.1, -0.05) is 24.8 Å². The van der Waals surface area contributed by atoms with Crippen molar-refractivity contribution in [2.45, 2.75) is 6.10 Å². The molecule has 0 aliphatic carbocycles. The molecule has 0 aromatic heterocycles. The van der Waals surface area contributed by atoms with E-state index in [-0.39, 0.29) is 5.91 Å². The number of carbonyl (C=O) groups excluding carboxylic acids is 1. The van der Waals surface area contributed by atoms with Crippen LogP contribution in [0.1, 0.15) is 10.4 Å². The lowest BCUT2D eigenvalue weighted by Gasteiger charge is -2.14. The molecular weight excluding hydrogens is 190 g/mol. The van der Waals surface area contributed by atoms with Crippen molar-refractivity contribution in [2.24, 2.45) is 0 Å².